The fraction of sp³-hybridized carbons (Fsp3) is 0.476. The summed E-state index contributed by atoms with van der Waals surface area (Å²) in [5, 5.41) is 5.79. The molecule has 0 radical (unpaired) electrons. The van der Waals surface area contributed by atoms with Crippen molar-refractivity contribution in [3.63, 3.8) is 0 Å². The van der Waals surface area contributed by atoms with Crippen molar-refractivity contribution in [2.45, 2.75) is 45.4 Å². The van der Waals surface area contributed by atoms with Crippen LogP contribution in [0.5, 0.6) is 0 Å². The topological polar surface area (TPSA) is 75.3 Å². The molecule has 2 atom stereocenters. The molecule has 1 aromatic carbocycles. The van der Waals surface area contributed by atoms with Gasteiger partial charge < -0.3 is 10.6 Å². The summed E-state index contributed by atoms with van der Waals surface area (Å²) in [5.41, 5.74) is 2.70. The van der Waals surface area contributed by atoms with Gasteiger partial charge in [0.05, 0.1) is 11.8 Å². The van der Waals surface area contributed by atoms with Gasteiger partial charge in [-0.25, -0.2) is 0 Å². The van der Waals surface area contributed by atoms with Gasteiger partial charge >= 0.3 is 0 Å². The van der Waals surface area contributed by atoms with E-state index < -0.39 is 0 Å². The number of Topliss-reactive ketones (excluding diaryl/α,β-unsaturated/α-hetero) is 1. The molecule has 3 rings (SSSR count). The minimum Gasteiger partial charge on any atom is -0.356 e. The second-order valence-corrected chi connectivity index (χ2v) is 7.22. The molecule has 5 heteroatoms. The first-order valence-corrected chi connectivity index (χ1v) is 9.42. The average Bonchev–Trinajstić information content (AvgIpc) is 3.44. The summed E-state index contributed by atoms with van der Waals surface area (Å²) >= 11 is 0. The van der Waals surface area contributed by atoms with Crippen LogP contribution in [0.4, 0.5) is 5.69 Å². The van der Waals surface area contributed by atoms with E-state index in [1.165, 1.54) is 25.3 Å². The summed E-state index contributed by atoms with van der Waals surface area (Å²) in [6.45, 7) is 2.16. The molecule has 0 spiro atoms. The van der Waals surface area contributed by atoms with Crippen LogP contribution in [0.25, 0.3) is 0 Å². The van der Waals surface area contributed by atoms with Crippen molar-refractivity contribution in [1.29, 1.82) is 0 Å². The number of benzene rings is 1. The molecule has 0 aromatic heterocycles. The first-order valence-electron chi connectivity index (χ1n) is 9.42. The van der Waals surface area contributed by atoms with E-state index in [9.17, 15) is 14.4 Å². The van der Waals surface area contributed by atoms with Crippen molar-refractivity contribution < 1.29 is 14.4 Å². The predicted molar refractivity (Wildman–Crippen MR) is 101 cm³/mol. The van der Waals surface area contributed by atoms with Gasteiger partial charge in [0, 0.05) is 17.8 Å². The van der Waals surface area contributed by atoms with Crippen LogP contribution in [0, 0.1) is 11.8 Å². The molecule has 2 unspecified atom stereocenters. The second-order valence-electron chi connectivity index (χ2n) is 7.22. The molecule has 0 heterocycles. The summed E-state index contributed by atoms with van der Waals surface area (Å²) in [6, 6.07) is 6.80. The smallest absolute Gasteiger partial charge is 0.228 e. The lowest BCUT2D eigenvalue weighted by atomic mass is 9.97. The summed E-state index contributed by atoms with van der Waals surface area (Å²) in [6.07, 6.45) is 8.63. The maximum atomic E-state index is 12.3. The van der Waals surface area contributed by atoms with Gasteiger partial charge in [0.25, 0.3) is 0 Å². The molecule has 2 aliphatic rings. The van der Waals surface area contributed by atoms with Crippen molar-refractivity contribution >= 4 is 23.3 Å². The number of rotatable bonds is 7. The Hall–Kier alpha value is -2.43. The van der Waals surface area contributed by atoms with Gasteiger partial charge in [0.1, 0.15) is 0 Å². The fourth-order valence-corrected chi connectivity index (χ4v) is 3.41. The van der Waals surface area contributed by atoms with Gasteiger partial charge in [-0.1, -0.05) is 11.6 Å². The van der Waals surface area contributed by atoms with Crippen molar-refractivity contribution in [3.05, 3.63) is 41.5 Å². The van der Waals surface area contributed by atoms with Crippen molar-refractivity contribution in [2.75, 3.05) is 11.9 Å². The van der Waals surface area contributed by atoms with Crippen LogP contribution < -0.4 is 10.6 Å². The largest absolute Gasteiger partial charge is 0.356 e. The molecule has 5 nitrogen and oxygen atoms in total. The number of carbonyl (C=O) groups excluding carboxylic acids is 3. The molecule has 1 fully saturated rings. The predicted octanol–water partition coefficient (Wildman–Crippen LogP) is 3.47. The van der Waals surface area contributed by atoms with Gasteiger partial charge in [-0.15, -0.1) is 0 Å². The minimum absolute atomic E-state index is 0.00852. The van der Waals surface area contributed by atoms with Crippen LogP contribution in [0.1, 0.15) is 55.8 Å². The molecule has 0 aliphatic heterocycles. The standard InChI is InChI=1S/C21H26N2O3/c1-14(24)16-7-9-17(10-8-16)23-21(26)19-13-18(19)20(25)22-12-11-15-5-3-2-4-6-15/h5,7-10,18-19H,2-4,6,11-13H2,1H3,(H,22,25)(H,23,26). The Kier molecular flexibility index (Phi) is 5.86. The summed E-state index contributed by atoms with van der Waals surface area (Å²) in [4.78, 5) is 35.7. The molecular formula is C21H26N2O3. The first kappa shape index (κ1) is 18.4. The molecule has 2 amide bonds. The average molecular weight is 354 g/mol. The highest BCUT2D eigenvalue weighted by Gasteiger charge is 2.47. The van der Waals surface area contributed by atoms with E-state index in [0.717, 1.165) is 19.3 Å². The molecule has 1 saturated carbocycles. The Bertz CT molecular complexity index is 721. The van der Waals surface area contributed by atoms with Gasteiger partial charge in [0.15, 0.2) is 5.78 Å². The van der Waals surface area contributed by atoms with E-state index in [-0.39, 0.29) is 29.4 Å². The number of amides is 2. The molecular weight excluding hydrogens is 328 g/mol. The number of allylic oxidation sites excluding steroid dienone is 1. The summed E-state index contributed by atoms with van der Waals surface area (Å²) in [7, 11) is 0. The van der Waals surface area contributed by atoms with Crippen LogP contribution in [-0.2, 0) is 9.59 Å². The van der Waals surface area contributed by atoms with Crippen LogP contribution in [0.3, 0.4) is 0 Å². The number of anilines is 1. The quantitative estimate of drug-likeness (QED) is 0.581. The lowest BCUT2D eigenvalue weighted by Gasteiger charge is -2.13. The van der Waals surface area contributed by atoms with Crippen molar-refractivity contribution in [2.24, 2.45) is 11.8 Å². The van der Waals surface area contributed by atoms with Crippen molar-refractivity contribution in [3.8, 4) is 0 Å². The highest BCUT2D eigenvalue weighted by molar-refractivity contribution is 6.00. The second kappa shape index (κ2) is 8.30. The normalized spacial score (nSPS) is 21.5. The molecule has 26 heavy (non-hydrogen) atoms. The fourth-order valence-electron chi connectivity index (χ4n) is 3.41. The maximum absolute atomic E-state index is 12.3. The minimum atomic E-state index is -0.253. The van der Waals surface area contributed by atoms with E-state index in [1.54, 1.807) is 24.3 Å². The number of hydrogen-bond donors (Lipinski definition) is 2. The zero-order chi connectivity index (χ0) is 18.5. The van der Waals surface area contributed by atoms with Gasteiger partial charge in [0.2, 0.25) is 11.8 Å². The van der Waals surface area contributed by atoms with Gasteiger partial charge in [-0.05, 0) is 69.7 Å². The first-order chi connectivity index (χ1) is 12.5. The lowest BCUT2D eigenvalue weighted by Crippen LogP contribution is -2.28. The zero-order valence-corrected chi connectivity index (χ0v) is 15.2. The van der Waals surface area contributed by atoms with E-state index >= 15 is 0 Å². The van der Waals surface area contributed by atoms with Gasteiger partial charge in [-0.2, -0.15) is 0 Å². The van der Waals surface area contributed by atoms with E-state index in [2.05, 4.69) is 16.7 Å². The Morgan fingerprint density at radius 3 is 2.42 bits per heavy atom. The third-order valence-electron chi connectivity index (χ3n) is 5.15. The lowest BCUT2D eigenvalue weighted by molar-refractivity contribution is -0.125. The van der Waals surface area contributed by atoms with Crippen molar-refractivity contribution in [1.82, 2.24) is 5.32 Å². The Labute approximate surface area is 154 Å². The number of nitrogens with one attached hydrogen (secondary N) is 2. The highest BCUT2D eigenvalue weighted by atomic mass is 16.2. The molecule has 2 N–H and O–H groups in total. The summed E-state index contributed by atoms with van der Waals surface area (Å²) in [5.74, 6) is -0.627. The highest BCUT2D eigenvalue weighted by Crippen LogP contribution is 2.39. The SMILES string of the molecule is CC(=O)c1ccc(NC(=O)C2CC2C(=O)NCCC2=CCCCC2)cc1. The maximum Gasteiger partial charge on any atom is 0.228 e. The molecule has 0 saturated heterocycles. The Morgan fingerprint density at radius 2 is 1.77 bits per heavy atom. The third-order valence-corrected chi connectivity index (χ3v) is 5.15. The zero-order valence-electron chi connectivity index (χ0n) is 15.2. The van der Waals surface area contributed by atoms with E-state index in [1.807, 2.05) is 0 Å². The molecule has 138 valence electrons. The monoisotopic (exact) mass is 354 g/mol. The molecule has 1 aromatic rings. The van der Waals surface area contributed by atoms with Gasteiger partial charge in [-0.3, -0.25) is 14.4 Å². The third kappa shape index (κ3) is 4.81. The Morgan fingerprint density at radius 1 is 1.04 bits per heavy atom. The summed E-state index contributed by atoms with van der Waals surface area (Å²) < 4.78 is 0. The van der Waals surface area contributed by atoms with E-state index in [0.29, 0.717) is 24.2 Å². The number of carbonyl (C=O) groups is 3. The van der Waals surface area contributed by atoms with Crippen LogP contribution in [0.2, 0.25) is 0 Å². The Balaban J connectivity index is 1.40. The van der Waals surface area contributed by atoms with Crippen LogP contribution in [0.15, 0.2) is 35.9 Å². The van der Waals surface area contributed by atoms with Crippen LogP contribution >= 0.6 is 0 Å². The van der Waals surface area contributed by atoms with E-state index in [4.69, 9.17) is 0 Å². The molecule has 0 bridgehead atoms. The number of hydrogen-bond acceptors (Lipinski definition) is 3. The number of ketones is 1. The molecule has 2 aliphatic carbocycles. The van der Waals surface area contributed by atoms with Crippen LogP contribution in [-0.4, -0.2) is 24.1 Å².